The van der Waals surface area contributed by atoms with E-state index >= 15 is 0 Å². The Kier molecular flexibility index (Phi) is 18.9. The minimum atomic E-state index is -2.90. The SMILES string of the molecule is CCCCCCCCC(=O)ON(C=O)C(CC)C(CCCCC)C(=O)NCNC(=O)c1ccc(-c2cc(OCC)cc(O[P+](=O)O)c2)o1. The average Bonchev–Trinajstić information content (AvgIpc) is 3.56. The molecule has 3 N–H and O–H groups in total. The molecule has 1 heterocycles. The van der Waals surface area contributed by atoms with Gasteiger partial charge in [0.15, 0.2) is 11.5 Å². The Bertz CT molecular complexity index is 1320. The molecule has 0 saturated heterocycles. The van der Waals surface area contributed by atoms with E-state index in [1.165, 1.54) is 18.2 Å². The molecule has 3 amide bonds. The van der Waals surface area contributed by atoms with Gasteiger partial charge in [-0.1, -0.05) is 72.1 Å². The highest BCUT2D eigenvalue weighted by molar-refractivity contribution is 7.32. The van der Waals surface area contributed by atoms with Crippen LogP contribution in [0.2, 0.25) is 0 Å². The number of hydrogen-bond donors (Lipinski definition) is 3. The Labute approximate surface area is 284 Å². The van der Waals surface area contributed by atoms with Crippen LogP contribution >= 0.6 is 8.25 Å². The molecule has 1 aromatic heterocycles. The van der Waals surface area contributed by atoms with Crippen LogP contribution in [0.1, 0.15) is 115 Å². The highest BCUT2D eigenvalue weighted by atomic mass is 31.1. The zero-order valence-corrected chi connectivity index (χ0v) is 29.4. The number of rotatable bonds is 25. The van der Waals surface area contributed by atoms with Crippen molar-refractivity contribution < 1.29 is 47.2 Å². The van der Waals surface area contributed by atoms with Crippen molar-refractivity contribution >= 4 is 32.4 Å². The number of hydrogen-bond acceptors (Lipinski definition) is 9. The molecular weight excluding hydrogens is 641 g/mol. The highest BCUT2D eigenvalue weighted by Gasteiger charge is 2.33. The van der Waals surface area contributed by atoms with Crippen LogP contribution in [0, 0.1) is 5.92 Å². The lowest BCUT2D eigenvalue weighted by molar-refractivity contribution is -0.204. The maximum atomic E-state index is 13.4. The Morgan fingerprint density at radius 1 is 0.938 bits per heavy atom. The lowest BCUT2D eigenvalue weighted by atomic mass is 9.90. The molecule has 0 spiro atoms. The van der Waals surface area contributed by atoms with Gasteiger partial charge < -0.3 is 24.6 Å². The summed E-state index contributed by atoms with van der Waals surface area (Å²) in [5, 5.41) is 6.29. The van der Waals surface area contributed by atoms with E-state index in [4.69, 9.17) is 23.4 Å². The third-order valence-corrected chi connectivity index (χ3v) is 8.08. The fourth-order valence-electron chi connectivity index (χ4n) is 5.29. The first-order valence-electron chi connectivity index (χ1n) is 16.9. The maximum absolute atomic E-state index is 13.4. The minimum absolute atomic E-state index is 0.0351. The van der Waals surface area contributed by atoms with Crippen molar-refractivity contribution in [1.82, 2.24) is 15.7 Å². The molecule has 0 aliphatic carbocycles. The van der Waals surface area contributed by atoms with Crippen LogP contribution in [-0.2, 0) is 23.8 Å². The Morgan fingerprint density at radius 3 is 2.29 bits per heavy atom. The van der Waals surface area contributed by atoms with Gasteiger partial charge in [-0.25, -0.2) is 9.32 Å². The van der Waals surface area contributed by atoms with E-state index in [-0.39, 0.29) is 36.3 Å². The molecule has 3 unspecified atom stereocenters. The lowest BCUT2D eigenvalue weighted by Crippen LogP contribution is -2.49. The van der Waals surface area contributed by atoms with Gasteiger partial charge in [0, 0.05) is 22.6 Å². The Balaban J connectivity index is 2.04. The predicted molar refractivity (Wildman–Crippen MR) is 180 cm³/mol. The second kappa shape index (κ2) is 22.6. The highest BCUT2D eigenvalue weighted by Crippen LogP contribution is 2.34. The van der Waals surface area contributed by atoms with E-state index in [9.17, 15) is 23.7 Å². The number of nitrogens with one attached hydrogen (secondary N) is 2. The number of amides is 3. The molecule has 266 valence electrons. The van der Waals surface area contributed by atoms with Crippen molar-refractivity contribution in [2.24, 2.45) is 5.92 Å². The molecule has 0 aliphatic rings. The van der Waals surface area contributed by atoms with Crippen molar-refractivity contribution in [2.75, 3.05) is 13.3 Å². The van der Waals surface area contributed by atoms with Crippen LogP contribution < -0.4 is 19.9 Å². The summed E-state index contributed by atoms with van der Waals surface area (Å²) in [4.78, 5) is 65.4. The molecule has 14 heteroatoms. The number of nitrogens with zero attached hydrogens (tertiary/aromatic N) is 1. The van der Waals surface area contributed by atoms with E-state index in [2.05, 4.69) is 17.6 Å². The van der Waals surface area contributed by atoms with Gasteiger partial charge in [-0.15, -0.1) is 4.89 Å². The Morgan fingerprint density at radius 2 is 1.62 bits per heavy atom. The summed E-state index contributed by atoms with van der Waals surface area (Å²) in [6.07, 6.45) is 10.1. The number of ether oxygens (including phenoxy) is 1. The van der Waals surface area contributed by atoms with Gasteiger partial charge in [-0.05, 0) is 50.5 Å². The first kappa shape index (κ1) is 40.2. The number of furan rings is 1. The first-order chi connectivity index (χ1) is 23.2. The number of unbranched alkanes of at least 4 members (excludes halogenated alkanes) is 7. The number of hydroxylamine groups is 2. The van der Waals surface area contributed by atoms with E-state index in [1.807, 2.05) is 13.8 Å². The zero-order valence-electron chi connectivity index (χ0n) is 28.5. The van der Waals surface area contributed by atoms with Crippen LogP contribution in [0.25, 0.3) is 11.3 Å². The molecule has 13 nitrogen and oxygen atoms in total. The van der Waals surface area contributed by atoms with Crippen molar-refractivity contribution in [2.45, 2.75) is 111 Å². The molecule has 48 heavy (non-hydrogen) atoms. The van der Waals surface area contributed by atoms with Crippen LogP contribution in [-0.4, -0.2) is 53.5 Å². The van der Waals surface area contributed by atoms with Crippen molar-refractivity contribution in [3.05, 3.63) is 36.1 Å². The van der Waals surface area contributed by atoms with E-state index in [0.717, 1.165) is 56.4 Å². The second-order valence-electron chi connectivity index (χ2n) is 11.4. The average molecular weight is 693 g/mol. The fourth-order valence-corrected chi connectivity index (χ4v) is 5.57. The van der Waals surface area contributed by atoms with Crippen molar-refractivity contribution in [1.29, 1.82) is 0 Å². The van der Waals surface area contributed by atoms with E-state index < -0.39 is 32.1 Å². The van der Waals surface area contributed by atoms with Gasteiger partial charge in [-0.3, -0.25) is 14.4 Å². The summed E-state index contributed by atoms with van der Waals surface area (Å²) in [6.45, 7) is 7.93. The van der Waals surface area contributed by atoms with Crippen LogP contribution in [0.5, 0.6) is 11.5 Å². The van der Waals surface area contributed by atoms with Gasteiger partial charge in [-0.2, -0.15) is 5.06 Å². The van der Waals surface area contributed by atoms with Crippen LogP contribution in [0.15, 0.2) is 34.7 Å². The molecule has 0 fully saturated rings. The van der Waals surface area contributed by atoms with Gasteiger partial charge >= 0.3 is 14.2 Å². The molecule has 1 aromatic carbocycles. The van der Waals surface area contributed by atoms with Crippen LogP contribution in [0.3, 0.4) is 0 Å². The van der Waals surface area contributed by atoms with E-state index in [1.54, 1.807) is 19.1 Å². The molecular formula is C34H51N3O10P+. The largest absolute Gasteiger partial charge is 0.747 e. The van der Waals surface area contributed by atoms with Gasteiger partial charge in [0.05, 0.1) is 25.2 Å². The standard InChI is InChI=1S/C34H50N3O10P/c1-5-9-11-12-13-15-17-32(39)46-37(24-38)29(7-3)28(16-14-10-6-2)33(40)35-23-36-34(41)31-19-18-30(45-31)25-20-26(44-8-4)22-27(21-25)47-48(42)43/h18-22,24,28-29H,5-17,23H2,1-4H3,(H2-,35,36,40,41,42,43)/p+1. The van der Waals surface area contributed by atoms with Crippen molar-refractivity contribution in [3.63, 3.8) is 0 Å². The quantitative estimate of drug-likeness (QED) is 0.0329. The Hall–Kier alpha value is -3.96. The summed E-state index contributed by atoms with van der Waals surface area (Å²) in [5.74, 6) is -1.45. The number of carbonyl (C=O) groups excluding carboxylic acids is 4. The molecule has 2 aromatic rings. The summed E-state index contributed by atoms with van der Waals surface area (Å²) >= 11 is 0. The smallest absolute Gasteiger partial charge is 0.494 e. The third kappa shape index (κ3) is 14.0. The normalized spacial score (nSPS) is 12.4. The van der Waals surface area contributed by atoms with Gasteiger partial charge in [0.1, 0.15) is 11.5 Å². The number of carbonyl (C=O) groups is 4. The summed E-state index contributed by atoms with van der Waals surface area (Å²) in [7, 11) is -2.90. The molecule has 0 aliphatic heterocycles. The van der Waals surface area contributed by atoms with E-state index in [0.29, 0.717) is 43.6 Å². The molecule has 2 rings (SSSR count). The van der Waals surface area contributed by atoms with Gasteiger partial charge in [0.25, 0.3) is 5.91 Å². The fraction of sp³-hybridized carbons (Fsp3) is 0.588. The van der Waals surface area contributed by atoms with Crippen LogP contribution in [0.4, 0.5) is 0 Å². The lowest BCUT2D eigenvalue weighted by Gasteiger charge is -2.31. The molecule has 3 atom stereocenters. The molecule has 0 radical (unpaired) electrons. The summed E-state index contributed by atoms with van der Waals surface area (Å²) in [6, 6.07) is 6.90. The first-order valence-corrected chi connectivity index (χ1v) is 18.0. The summed E-state index contributed by atoms with van der Waals surface area (Å²) in [5.41, 5.74) is 0.452. The monoisotopic (exact) mass is 692 g/mol. The second-order valence-corrected chi connectivity index (χ2v) is 12.0. The molecule has 0 saturated carbocycles. The number of benzene rings is 1. The minimum Gasteiger partial charge on any atom is -0.494 e. The third-order valence-electron chi connectivity index (χ3n) is 7.71. The molecule has 0 bridgehead atoms. The predicted octanol–water partition coefficient (Wildman–Crippen LogP) is 6.82. The maximum Gasteiger partial charge on any atom is 0.747 e. The van der Waals surface area contributed by atoms with Gasteiger partial charge in [0.2, 0.25) is 12.3 Å². The topological polar surface area (TPSA) is 174 Å². The zero-order chi connectivity index (χ0) is 35.3. The van der Waals surface area contributed by atoms with Crippen molar-refractivity contribution in [3.8, 4) is 22.8 Å². The summed E-state index contributed by atoms with van der Waals surface area (Å²) < 4.78 is 27.3.